The zero-order chi connectivity index (χ0) is 21.3. The fraction of sp³-hybridized carbons (Fsp3) is 0.261. The van der Waals surface area contributed by atoms with Gasteiger partial charge in [-0.1, -0.05) is 48.0 Å². The van der Waals surface area contributed by atoms with E-state index in [1.54, 1.807) is 13.4 Å². The molecule has 0 bridgehead atoms. The molecule has 30 heavy (non-hydrogen) atoms. The number of aromatic nitrogens is 4. The van der Waals surface area contributed by atoms with Crippen LogP contribution < -0.4 is 11.2 Å². The number of aryl methyl sites for hydroxylation is 2. The summed E-state index contributed by atoms with van der Waals surface area (Å²) in [5.41, 5.74) is 3.82. The maximum absolute atomic E-state index is 13.3. The van der Waals surface area contributed by atoms with E-state index >= 15 is 0 Å². The lowest BCUT2D eigenvalue weighted by molar-refractivity contribution is 0.184. The molecule has 7 nitrogen and oxygen atoms in total. The molecule has 2 aromatic carbocycles. The minimum Gasteiger partial charge on any atom is -0.383 e. The lowest BCUT2D eigenvalue weighted by Gasteiger charge is -2.14. The molecule has 0 radical (unpaired) electrons. The maximum Gasteiger partial charge on any atom is 0.337 e. The summed E-state index contributed by atoms with van der Waals surface area (Å²) >= 11 is 0. The first-order valence-electron chi connectivity index (χ1n) is 9.82. The Bertz CT molecular complexity index is 1330. The molecule has 0 unspecified atom stereocenters. The van der Waals surface area contributed by atoms with Crippen molar-refractivity contribution in [3.8, 4) is 5.69 Å². The van der Waals surface area contributed by atoms with Gasteiger partial charge in [-0.3, -0.25) is 9.36 Å². The fourth-order valence-corrected chi connectivity index (χ4v) is 3.72. The lowest BCUT2D eigenvalue weighted by Crippen LogP contribution is -2.41. The second-order valence-electron chi connectivity index (χ2n) is 7.39. The Hall–Kier alpha value is -3.45. The van der Waals surface area contributed by atoms with Crippen molar-refractivity contribution < 1.29 is 4.74 Å². The molecule has 0 spiro atoms. The van der Waals surface area contributed by atoms with E-state index in [9.17, 15) is 9.59 Å². The van der Waals surface area contributed by atoms with Gasteiger partial charge < -0.3 is 9.30 Å². The minimum absolute atomic E-state index is 0.172. The van der Waals surface area contributed by atoms with Crippen molar-refractivity contribution in [1.82, 2.24) is 18.7 Å². The van der Waals surface area contributed by atoms with Gasteiger partial charge in [0, 0.05) is 13.7 Å². The van der Waals surface area contributed by atoms with E-state index in [-0.39, 0.29) is 18.7 Å². The Morgan fingerprint density at radius 3 is 2.57 bits per heavy atom. The summed E-state index contributed by atoms with van der Waals surface area (Å²) < 4.78 is 9.69. The molecule has 154 valence electrons. The molecule has 0 fully saturated rings. The summed E-state index contributed by atoms with van der Waals surface area (Å²) in [4.78, 5) is 31.1. The normalized spacial score (nSPS) is 11.3. The van der Waals surface area contributed by atoms with Crippen LogP contribution in [0, 0.1) is 13.8 Å². The minimum atomic E-state index is -0.417. The number of imidazole rings is 1. The average Bonchev–Trinajstić information content (AvgIpc) is 3.13. The zero-order valence-electron chi connectivity index (χ0n) is 17.3. The highest BCUT2D eigenvalue weighted by Gasteiger charge is 2.20. The number of methoxy groups -OCH3 is 1. The molecule has 0 amide bonds. The Morgan fingerprint density at radius 2 is 1.83 bits per heavy atom. The van der Waals surface area contributed by atoms with Gasteiger partial charge in [-0.25, -0.2) is 14.3 Å². The molecule has 0 atom stereocenters. The Labute approximate surface area is 173 Å². The Balaban J connectivity index is 1.99. The first-order valence-corrected chi connectivity index (χ1v) is 9.82. The topological polar surface area (TPSA) is 71.1 Å². The maximum atomic E-state index is 13.3. The van der Waals surface area contributed by atoms with Gasteiger partial charge >= 0.3 is 5.69 Å². The van der Waals surface area contributed by atoms with E-state index in [0.29, 0.717) is 23.4 Å². The molecular weight excluding hydrogens is 380 g/mol. The Kier molecular flexibility index (Phi) is 5.37. The van der Waals surface area contributed by atoms with E-state index in [1.807, 2.05) is 60.9 Å². The number of nitrogens with zero attached hydrogens (tertiary/aromatic N) is 4. The van der Waals surface area contributed by atoms with Crippen molar-refractivity contribution >= 4 is 11.2 Å². The van der Waals surface area contributed by atoms with Gasteiger partial charge in [0.2, 0.25) is 0 Å². The van der Waals surface area contributed by atoms with Crippen LogP contribution in [0.3, 0.4) is 0 Å². The standard InChI is InChI=1S/C23H24N4O3/c1-16-7-6-9-18(13-16)14-25-15-24-21-20(25)22(28)26(11-12-30-3)23(29)27(21)19-10-5-4-8-17(19)2/h4-10,13,15H,11-12,14H2,1-3H3. The van der Waals surface area contributed by atoms with Crippen molar-refractivity contribution in [3.63, 3.8) is 0 Å². The summed E-state index contributed by atoms with van der Waals surface area (Å²) in [6.45, 7) is 4.89. The van der Waals surface area contributed by atoms with Crippen molar-refractivity contribution in [2.24, 2.45) is 0 Å². The molecule has 2 aromatic heterocycles. The van der Waals surface area contributed by atoms with Crippen molar-refractivity contribution in [2.75, 3.05) is 13.7 Å². The van der Waals surface area contributed by atoms with E-state index in [2.05, 4.69) is 11.1 Å². The second-order valence-corrected chi connectivity index (χ2v) is 7.39. The van der Waals surface area contributed by atoms with Crippen LogP contribution in [0.15, 0.2) is 64.4 Å². The molecular formula is C23H24N4O3. The molecule has 7 heteroatoms. The smallest absolute Gasteiger partial charge is 0.337 e. The van der Waals surface area contributed by atoms with Gasteiger partial charge in [-0.2, -0.15) is 0 Å². The van der Waals surface area contributed by atoms with E-state index < -0.39 is 5.69 Å². The molecule has 0 N–H and O–H groups in total. The van der Waals surface area contributed by atoms with E-state index in [1.165, 1.54) is 9.13 Å². The first-order chi connectivity index (χ1) is 14.5. The summed E-state index contributed by atoms with van der Waals surface area (Å²) in [6.07, 6.45) is 1.63. The van der Waals surface area contributed by atoms with E-state index in [4.69, 9.17) is 4.74 Å². The number of rotatable bonds is 6. The molecule has 0 aliphatic carbocycles. The summed E-state index contributed by atoms with van der Waals surface area (Å²) in [6, 6.07) is 15.7. The Morgan fingerprint density at radius 1 is 1.03 bits per heavy atom. The van der Waals surface area contributed by atoms with Crippen LogP contribution in [0.4, 0.5) is 0 Å². The third-order valence-corrected chi connectivity index (χ3v) is 5.21. The zero-order valence-corrected chi connectivity index (χ0v) is 17.3. The lowest BCUT2D eigenvalue weighted by atomic mass is 10.1. The summed E-state index contributed by atoms with van der Waals surface area (Å²) in [7, 11) is 1.55. The van der Waals surface area contributed by atoms with Crippen LogP contribution in [0.2, 0.25) is 0 Å². The van der Waals surface area contributed by atoms with Crippen LogP contribution in [0.25, 0.3) is 16.9 Å². The highest BCUT2D eigenvalue weighted by molar-refractivity contribution is 5.73. The van der Waals surface area contributed by atoms with Gasteiger partial charge in [0.1, 0.15) is 0 Å². The van der Waals surface area contributed by atoms with Gasteiger partial charge in [0.05, 0.1) is 25.2 Å². The van der Waals surface area contributed by atoms with Gasteiger partial charge in [-0.05, 0) is 31.0 Å². The first kappa shape index (κ1) is 19.8. The fourth-order valence-electron chi connectivity index (χ4n) is 3.72. The molecule has 2 heterocycles. The molecule has 4 rings (SSSR count). The van der Waals surface area contributed by atoms with Crippen molar-refractivity contribution in [3.05, 3.63) is 92.4 Å². The largest absolute Gasteiger partial charge is 0.383 e. The van der Waals surface area contributed by atoms with Crippen LogP contribution in [-0.4, -0.2) is 32.4 Å². The van der Waals surface area contributed by atoms with Crippen LogP contribution in [0.1, 0.15) is 16.7 Å². The SMILES string of the molecule is COCCn1c(=O)c2c(ncn2Cc2cccc(C)c2)n(-c2ccccc2C)c1=O. The molecule has 0 aliphatic rings. The highest BCUT2D eigenvalue weighted by Crippen LogP contribution is 2.17. The molecule has 0 saturated carbocycles. The van der Waals surface area contributed by atoms with Gasteiger partial charge in [0.25, 0.3) is 5.56 Å². The van der Waals surface area contributed by atoms with Gasteiger partial charge in [0.15, 0.2) is 11.2 Å². The van der Waals surface area contributed by atoms with Crippen LogP contribution in [0.5, 0.6) is 0 Å². The molecule has 0 aliphatic heterocycles. The number of fused-ring (bicyclic) bond motifs is 1. The second kappa shape index (κ2) is 8.12. The van der Waals surface area contributed by atoms with Crippen LogP contribution in [-0.2, 0) is 17.8 Å². The number of ether oxygens (including phenoxy) is 1. The number of para-hydroxylation sites is 1. The predicted molar refractivity (Wildman–Crippen MR) is 116 cm³/mol. The van der Waals surface area contributed by atoms with Crippen LogP contribution >= 0.6 is 0 Å². The number of benzene rings is 2. The van der Waals surface area contributed by atoms with Crippen molar-refractivity contribution in [1.29, 1.82) is 0 Å². The average molecular weight is 404 g/mol. The third-order valence-electron chi connectivity index (χ3n) is 5.21. The molecule has 0 saturated heterocycles. The van der Waals surface area contributed by atoms with Crippen molar-refractivity contribution in [2.45, 2.75) is 26.9 Å². The molecule has 4 aromatic rings. The van der Waals surface area contributed by atoms with E-state index in [0.717, 1.165) is 16.7 Å². The monoisotopic (exact) mass is 404 g/mol. The summed E-state index contributed by atoms with van der Waals surface area (Å²) in [5.74, 6) is 0. The predicted octanol–water partition coefficient (Wildman–Crippen LogP) is 2.66. The number of hydrogen-bond acceptors (Lipinski definition) is 4. The third kappa shape index (κ3) is 3.48. The number of hydrogen-bond donors (Lipinski definition) is 0. The van der Waals surface area contributed by atoms with Gasteiger partial charge in [-0.15, -0.1) is 0 Å². The summed E-state index contributed by atoms with van der Waals surface area (Å²) in [5, 5.41) is 0. The highest BCUT2D eigenvalue weighted by atomic mass is 16.5. The quantitative estimate of drug-likeness (QED) is 0.495.